The van der Waals surface area contributed by atoms with Gasteiger partial charge in [-0.15, -0.1) is 0 Å². The van der Waals surface area contributed by atoms with Crippen molar-refractivity contribution < 1.29 is 24.2 Å². The first-order valence-corrected chi connectivity index (χ1v) is 11.9. The zero-order valence-corrected chi connectivity index (χ0v) is 19.9. The van der Waals surface area contributed by atoms with E-state index in [1.165, 1.54) is 0 Å². The molecule has 1 unspecified atom stereocenters. The van der Waals surface area contributed by atoms with E-state index >= 15 is 0 Å². The van der Waals surface area contributed by atoms with Crippen LogP contribution in [0.5, 0.6) is 0 Å². The van der Waals surface area contributed by atoms with Crippen molar-refractivity contribution in [2.75, 3.05) is 26.2 Å². The predicted octanol–water partition coefficient (Wildman–Crippen LogP) is 3.98. The van der Waals surface area contributed by atoms with Crippen molar-refractivity contribution in [2.24, 2.45) is 23.7 Å². The van der Waals surface area contributed by atoms with E-state index in [1.54, 1.807) is 4.90 Å². The van der Waals surface area contributed by atoms with Gasteiger partial charge in [0.2, 0.25) is 5.91 Å². The van der Waals surface area contributed by atoms with Crippen LogP contribution in [0.1, 0.15) is 37.8 Å². The number of alkyl carbamates (subject to hydrolysis) is 1. The predicted molar refractivity (Wildman–Crippen MR) is 128 cm³/mol. The summed E-state index contributed by atoms with van der Waals surface area (Å²) in [6.07, 6.45) is -0.557. The van der Waals surface area contributed by atoms with Crippen LogP contribution in [0.2, 0.25) is 0 Å². The van der Waals surface area contributed by atoms with Gasteiger partial charge in [0.15, 0.2) is 0 Å². The Labute approximate surface area is 200 Å². The van der Waals surface area contributed by atoms with E-state index in [1.807, 2.05) is 45.0 Å². The van der Waals surface area contributed by atoms with Crippen LogP contribution in [0.15, 0.2) is 48.5 Å². The molecule has 0 bridgehead atoms. The number of carbonyl (C=O) groups is 3. The number of rotatable bonds is 7. The van der Waals surface area contributed by atoms with Crippen LogP contribution in [0.4, 0.5) is 4.79 Å². The molecule has 1 heterocycles. The molecule has 1 aliphatic carbocycles. The Morgan fingerprint density at radius 1 is 1.03 bits per heavy atom. The topological polar surface area (TPSA) is 95.9 Å². The van der Waals surface area contributed by atoms with Crippen molar-refractivity contribution in [3.8, 4) is 11.1 Å². The second kappa shape index (κ2) is 9.87. The van der Waals surface area contributed by atoms with E-state index in [0.717, 1.165) is 22.3 Å². The summed E-state index contributed by atoms with van der Waals surface area (Å²) in [5.41, 5.74) is 4.61. The van der Waals surface area contributed by atoms with Crippen molar-refractivity contribution in [2.45, 2.75) is 26.7 Å². The van der Waals surface area contributed by atoms with Crippen molar-refractivity contribution in [3.05, 3.63) is 59.7 Å². The number of ether oxygens (including phenoxy) is 1. The third-order valence-corrected chi connectivity index (χ3v) is 7.17. The fourth-order valence-electron chi connectivity index (χ4n) is 5.15. The summed E-state index contributed by atoms with van der Waals surface area (Å²) >= 11 is 0. The Bertz CT molecular complexity index is 1040. The third-order valence-electron chi connectivity index (χ3n) is 7.17. The fraction of sp³-hybridized carbons (Fsp3) is 0.444. The van der Waals surface area contributed by atoms with Gasteiger partial charge in [0.1, 0.15) is 6.61 Å². The summed E-state index contributed by atoms with van der Waals surface area (Å²) in [6, 6.07) is 16.3. The lowest BCUT2D eigenvalue weighted by Gasteiger charge is -2.26. The number of fused-ring (bicyclic) bond motifs is 3. The molecule has 1 fully saturated rings. The van der Waals surface area contributed by atoms with E-state index in [4.69, 9.17) is 4.74 Å². The zero-order valence-electron chi connectivity index (χ0n) is 19.9. The van der Waals surface area contributed by atoms with E-state index in [9.17, 15) is 19.5 Å². The van der Waals surface area contributed by atoms with Gasteiger partial charge in [0.05, 0.1) is 11.8 Å². The summed E-state index contributed by atoms with van der Waals surface area (Å²) in [5, 5.41) is 12.1. The molecule has 2 aliphatic rings. The van der Waals surface area contributed by atoms with E-state index in [0.29, 0.717) is 6.54 Å². The molecule has 34 heavy (non-hydrogen) atoms. The highest BCUT2D eigenvalue weighted by Crippen LogP contribution is 2.44. The first-order valence-electron chi connectivity index (χ1n) is 11.9. The highest BCUT2D eigenvalue weighted by molar-refractivity contribution is 5.82. The first kappa shape index (κ1) is 23.8. The molecular formula is C27H32N2O5. The van der Waals surface area contributed by atoms with Crippen LogP contribution in [0.25, 0.3) is 11.1 Å². The minimum absolute atomic E-state index is 0.0134. The third kappa shape index (κ3) is 4.65. The van der Waals surface area contributed by atoms with Gasteiger partial charge in [-0.05, 0) is 34.1 Å². The number of benzene rings is 2. The molecule has 7 heteroatoms. The molecule has 180 valence electrons. The van der Waals surface area contributed by atoms with Crippen molar-refractivity contribution in [3.63, 3.8) is 0 Å². The largest absolute Gasteiger partial charge is 0.481 e. The normalized spacial score (nSPS) is 20.1. The quantitative estimate of drug-likeness (QED) is 0.646. The van der Waals surface area contributed by atoms with Gasteiger partial charge in [-0.1, -0.05) is 69.3 Å². The molecule has 1 aliphatic heterocycles. The molecule has 2 aromatic rings. The number of amides is 2. The van der Waals surface area contributed by atoms with E-state index in [-0.39, 0.29) is 43.4 Å². The molecule has 0 radical (unpaired) electrons. The molecule has 0 aromatic heterocycles. The highest BCUT2D eigenvalue weighted by atomic mass is 16.5. The Hall–Kier alpha value is -3.35. The minimum Gasteiger partial charge on any atom is -0.481 e. The molecule has 0 spiro atoms. The van der Waals surface area contributed by atoms with Gasteiger partial charge in [0.25, 0.3) is 0 Å². The molecule has 7 nitrogen and oxygen atoms in total. The zero-order chi connectivity index (χ0) is 24.4. The SMILES string of the molecule is CC(C)C(CNC(=O)OCC1c2ccccc2-c2ccccc21)C(=O)N1C[C@@H](C)[C@H](C(=O)O)C1. The van der Waals surface area contributed by atoms with Crippen LogP contribution in [0.3, 0.4) is 0 Å². The molecule has 3 atom stereocenters. The second-order valence-corrected chi connectivity index (χ2v) is 9.72. The number of carboxylic acids is 1. The van der Waals surface area contributed by atoms with Crippen LogP contribution in [-0.4, -0.2) is 54.2 Å². The number of hydrogen-bond acceptors (Lipinski definition) is 4. The Balaban J connectivity index is 1.35. The molecule has 2 N–H and O–H groups in total. The number of carboxylic acid groups (broad SMARTS) is 1. The monoisotopic (exact) mass is 464 g/mol. The van der Waals surface area contributed by atoms with Gasteiger partial charge in [-0.25, -0.2) is 4.79 Å². The Morgan fingerprint density at radius 3 is 2.15 bits per heavy atom. The highest BCUT2D eigenvalue weighted by Gasteiger charge is 2.39. The van der Waals surface area contributed by atoms with Crippen LogP contribution in [0, 0.1) is 23.7 Å². The maximum atomic E-state index is 13.1. The maximum absolute atomic E-state index is 13.1. The van der Waals surface area contributed by atoms with Crippen LogP contribution < -0.4 is 5.32 Å². The number of nitrogens with zero attached hydrogens (tertiary/aromatic N) is 1. The van der Waals surface area contributed by atoms with Crippen molar-refractivity contribution in [1.29, 1.82) is 0 Å². The minimum atomic E-state index is -0.874. The summed E-state index contributed by atoms with van der Waals surface area (Å²) in [6.45, 7) is 6.70. The molecule has 1 saturated heterocycles. The molecule has 4 rings (SSSR count). The Morgan fingerprint density at radius 2 is 1.62 bits per heavy atom. The number of nitrogens with one attached hydrogen (secondary N) is 1. The average molecular weight is 465 g/mol. The lowest BCUT2D eigenvalue weighted by molar-refractivity contribution is -0.142. The van der Waals surface area contributed by atoms with Crippen LogP contribution >= 0.6 is 0 Å². The van der Waals surface area contributed by atoms with Gasteiger partial charge >= 0.3 is 12.1 Å². The van der Waals surface area contributed by atoms with E-state index < -0.39 is 23.9 Å². The second-order valence-electron chi connectivity index (χ2n) is 9.72. The van der Waals surface area contributed by atoms with Crippen molar-refractivity contribution in [1.82, 2.24) is 10.2 Å². The van der Waals surface area contributed by atoms with Gasteiger partial charge in [-0.2, -0.15) is 0 Å². The first-order chi connectivity index (χ1) is 16.3. The standard InChI is InChI=1S/C27H32N2O5/c1-16(2)22(25(30)29-13-17(3)23(14-29)26(31)32)12-28-27(33)34-15-24-20-10-6-4-8-18(20)19-9-5-7-11-21(19)24/h4-11,16-17,22-24H,12-15H2,1-3H3,(H,28,33)(H,31,32)/t17-,22?,23-/m1/s1. The molecule has 2 aromatic carbocycles. The summed E-state index contributed by atoms with van der Waals surface area (Å²) < 4.78 is 5.59. The smallest absolute Gasteiger partial charge is 0.407 e. The molecule has 2 amide bonds. The summed E-state index contributed by atoms with van der Waals surface area (Å²) in [5.74, 6) is -2.12. The molecule has 0 saturated carbocycles. The number of carbonyl (C=O) groups excluding carboxylic acids is 2. The molecular weight excluding hydrogens is 432 g/mol. The summed E-state index contributed by atoms with van der Waals surface area (Å²) in [7, 11) is 0. The Kier molecular flexibility index (Phi) is 6.91. The van der Waals surface area contributed by atoms with Gasteiger partial charge in [-0.3, -0.25) is 9.59 Å². The van der Waals surface area contributed by atoms with Crippen molar-refractivity contribution >= 4 is 18.0 Å². The van der Waals surface area contributed by atoms with E-state index in [2.05, 4.69) is 29.6 Å². The van der Waals surface area contributed by atoms with Gasteiger partial charge < -0.3 is 20.1 Å². The number of likely N-dealkylation sites (tertiary alicyclic amines) is 1. The average Bonchev–Trinajstić information content (AvgIpc) is 3.36. The van der Waals surface area contributed by atoms with Gasteiger partial charge in [0, 0.05) is 25.6 Å². The summed E-state index contributed by atoms with van der Waals surface area (Å²) in [4.78, 5) is 38.7. The number of aliphatic carboxylic acids is 1. The maximum Gasteiger partial charge on any atom is 0.407 e. The fourth-order valence-corrected chi connectivity index (χ4v) is 5.15. The lowest BCUT2D eigenvalue weighted by Crippen LogP contribution is -2.43. The lowest BCUT2D eigenvalue weighted by atomic mass is 9.94. The van der Waals surface area contributed by atoms with Crippen LogP contribution in [-0.2, 0) is 14.3 Å². The number of hydrogen-bond donors (Lipinski definition) is 2.